The van der Waals surface area contributed by atoms with Gasteiger partial charge >= 0.3 is 11.9 Å². The fourth-order valence-corrected chi connectivity index (χ4v) is 9.15. The fraction of sp³-hybridized carbons (Fsp3) is 0.647. The number of hydrogen-bond acceptors (Lipinski definition) is 8. The molecule has 0 bridgehead atoms. The van der Waals surface area contributed by atoms with Crippen LogP contribution >= 0.6 is 0 Å². The number of carbonyl (C=O) groups is 4. The number of allylic oxidation sites excluding steroid dienone is 1. The van der Waals surface area contributed by atoms with E-state index in [1.54, 1.807) is 6.07 Å². The van der Waals surface area contributed by atoms with Gasteiger partial charge < -0.3 is 9.47 Å². The van der Waals surface area contributed by atoms with Crippen molar-refractivity contribution in [3.8, 4) is 0 Å². The molecular formula is C34H46O8S. The fourth-order valence-electron chi connectivity index (χ4n) is 7.00. The van der Waals surface area contributed by atoms with Crippen LogP contribution in [0.2, 0.25) is 0 Å². The Bertz CT molecular complexity index is 1330. The highest BCUT2D eigenvalue weighted by Gasteiger charge is 2.71. The Morgan fingerprint density at radius 3 is 1.91 bits per heavy atom. The summed E-state index contributed by atoms with van der Waals surface area (Å²) in [5.41, 5.74) is -0.518. The van der Waals surface area contributed by atoms with E-state index in [1.807, 2.05) is 27.7 Å². The smallest absolute Gasteiger partial charge is 0.342 e. The summed E-state index contributed by atoms with van der Waals surface area (Å²) in [6.07, 6.45) is 6.70. The molecule has 0 amide bonds. The van der Waals surface area contributed by atoms with Gasteiger partial charge in [0.05, 0.1) is 24.0 Å². The molecule has 0 radical (unpaired) electrons. The quantitative estimate of drug-likeness (QED) is 0.184. The van der Waals surface area contributed by atoms with E-state index >= 15 is 4.79 Å². The molecule has 2 fully saturated rings. The molecule has 0 spiro atoms. The average Bonchev–Trinajstić information content (AvgIpc) is 3.00. The van der Waals surface area contributed by atoms with Crippen LogP contribution in [-0.4, -0.2) is 49.9 Å². The summed E-state index contributed by atoms with van der Waals surface area (Å²) >= 11 is 0. The Morgan fingerprint density at radius 2 is 1.35 bits per heavy atom. The maximum atomic E-state index is 15.2. The molecule has 43 heavy (non-hydrogen) atoms. The van der Waals surface area contributed by atoms with Crippen molar-refractivity contribution in [3.63, 3.8) is 0 Å². The molecule has 236 valence electrons. The number of rotatable bonds is 10. The van der Waals surface area contributed by atoms with Gasteiger partial charge in [0.15, 0.2) is 11.6 Å². The lowest BCUT2D eigenvalue weighted by molar-refractivity contribution is -0.158. The second kappa shape index (κ2) is 13.9. The third kappa shape index (κ3) is 6.38. The maximum Gasteiger partial charge on any atom is 0.342 e. The lowest BCUT2D eigenvalue weighted by Crippen LogP contribution is -2.67. The summed E-state index contributed by atoms with van der Waals surface area (Å²) in [5.74, 6) is -6.78. The Hall–Kier alpha value is -2.81. The minimum atomic E-state index is -4.83. The summed E-state index contributed by atoms with van der Waals surface area (Å²) in [5, 5.41) is 0. The number of esters is 2. The van der Waals surface area contributed by atoms with Crippen molar-refractivity contribution in [2.75, 3.05) is 13.2 Å². The molecule has 8 nitrogen and oxygen atoms in total. The van der Waals surface area contributed by atoms with Crippen LogP contribution in [0, 0.1) is 29.6 Å². The van der Waals surface area contributed by atoms with Crippen LogP contribution in [0.4, 0.5) is 0 Å². The van der Waals surface area contributed by atoms with E-state index < -0.39 is 55.8 Å². The summed E-state index contributed by atoms with van der Waals surface area (Å²) in [6.45, 7) is 7.28. The second-order valence-electron chi connectivity index (χ2n) is 13.2. The Balaban J connectivity index is 2.07. The molecule has 2 unspecified atom stereocenters. The highest BCUT2D eigenvalue weighted by atomic mass is 32.2. The highest BCUT2D eigenvalue weighted by molar-refractivity contribution is 7.94. The molecule has 0 aliphatic heterocycles. The van der Waals surface area contributed by atoms with Crippen molar-refractivity contribution in [3.05, 3.63) is 41.5 Å². The predicted molar refractivity (Wildman–Crippen MR) is 162 cm³/mol. The molecule has 1 aromatic carbocycles. The van der Waals surface area contributed by atoms with Crippen molar-refractivity contribution in [2.24, 2.45) is 29.6 Å². The highest BCUT2D eigenvalue weighted by Crippen LogP contribution is 2.51. The number of benzene rings is 1. The van der Waals surface area contributed by atoms with Crippen LogP contribution in [0.1, 0.15) is 91.9 Å². The summed E-state index contributed by atoms with van der Waals surface area (Å²) in [4.78, 5) is 58.0. The van der Waals surface area contributed by atoms with Gasteiger partial charge in [0.1, 0.15) is 5.57 Å². The van der Waals surface area contributed by atoms with E-state index in [4.69, 9.17) is 9.47 Å². The number of Topliss-reactive ketones (excluding diaryl/α,β-unsaturated/α-hetero) is 2. The number of carbonyl (C=O) groups excluding carboxylic acids is 4. The van der Waals surface area contributed by atoms with Gasteiger partial charge in [0.2, 0.25) is 14.6 Å². The molecule has 3 aliphatic carbocycles. The molecule has 0 saturated heterocycles. The van der Waals surface area contributed by atoms with Gasteiger partial charge in [-0.25, -0.2) is 18.0 Å². The van der Waals surface area contributed by atoms with E-state index in [0.717, 1.165) is 38.5 Å². The van der Waals surface area contributed by atoms with Crippen molar-refractivity contribution in [1.82, 2.24) is 0 Å². The lowest BCUT2D eigenvalue weighted by atomic mass is 9.62. The van der Waals surface area contributed by atoms with Crippen molar-refractivity contribution >= 4 is 33.3 Å². The second-order valence-corrected chi connectivity index (χ2v) is 15.4. The maximum absolute atomic E-state index is 15.2. The Kier molecular flexibility index (Phi) is 10.7. The number of ether oxygens (including phenoxy) is 2. The van der Waals surface area contributed by atoms with Crippen LogP contribution in [0.5, 0.6) is 0 Å². The molecule has 2 saturated carbocycles. The molecule has 9 heteroatoms. The normalized spacial score (nSPS) is 24.5. The van der Waals surface area contributed by atoms with E-state index in [1.165, 1.54) is 24.3 Å². The van der Waals surface area contributed by atoms with E-state index in [0.29, 0.717) is 25.7 Å². The SMILES string of the molecule is CC(C)COC(=O)C1=C(C2CCCCC2)C(=O)C(C(=O)OCC(C)C)(S(=O)(=O)c2ccccc2)C(C2CCCCC2)C1=O. The summed E-state index contributed by atoms with van der Waals surface area (Å²) in [7, 11) is -4.83. The monoisotopic (exact) mass is 614 g/mol. The lowest BCUT2D eigenvalue weighted by Gasteiger charge is -2.45. The van der Waals surface area contributed by atoms with Crippen molar-refractivity contribution in [1.29, 1.82) is 0 Å². The molecule has 0 heterocycles. The standard InChI is InChI=1S/C34H46O8S/c1-22(2)20-41-32(37)28-27(24-14-8-5-9-15-24)31(36)34(33(38)42-21-23(3)4,43(39,40)26-18-12-7-13-19-26)29(30(28)35)25-16-10-6-11-17-25/h7,12-13,18-19,22-25,29H,5-6,8-11,14-17,20-21H2,1-4H3. The third-order valence-corrected chi connectivity index (χ3v) is 11.4. The van der Waals surface area contributed by atoms with Crippen molar-refractivity contribution < 1.29 is 37.1 Å². The first kappa shape index (κ1) is 33.1. The minimum Gasteiger partial charge on any atom is -0.464 e. The molecular weight excluding hydrogens is 568 g/mol. The zero-order valence-corrected chi connectivity index (χ0v) is 26.7. The average molecular weight is 615 g/mol. The first-order chi connectivity index (χ1) is 20.4. The van der Waals surface area contributed by atoms with Gasteiger partial charge in [-0.3, -0.25) is 9.59 Å². The van der Waals surface area contributed by atoms with Gasteiger partial charge in [-0.15, -0.1) is 0 Å². The molecule has 3 aliphatic rings. The summed E-state index contributed by atoms with van der Waals surface area (Å²) in [6, 6.07) is 7.39. The van der Waals surface area contributed by atoms with Crippen LogP contribution < -0.4 is 0 Å². The van der Waals surface area contributed by atoms with E-state index in [-0.39, 0.29) is 41.1 Å². The van der Waals surface area contributed by atoms with Gasteiger partial charge in [-0.1, -0.05) is 84.4 Å². The molecule has 2 atom stereocenters. The predicted octanol–water partition coefficient (Wildman–Crippen LogP) is 5.82. The zero-order valence-electron chi connectivity index (χ0n) is 25.9. The van der Waals surface area contributed by atoms with Gasteiger partial charge in [0, 0.05) is 5.57 Å². The van der Waals surface area contributed by atoms with Crippen molar-refractivity contribution in [2.45, 2.75) is 102 Å². The minimum absolute atomic E-state index is 0.0187. The first-order valence-electron chi connectivity index (χ1n) is 15.9. The Labute approximate surface area is 255 Å². The van der Waals surface area contributed by atoms with E-state index in [9.17, 15) is 22.8 Å². The van der Waals surface area contributed by atoms with E-state index in [2.05, 4.69) is 0 Å². The zero-order chi connectivity index (χ0) is 31.4. The van der Waals surface area contributed by atoms with Crippen LogP contribution in [-0.2, 0) is 38.5 Å². The van der Waals surface area contributed by atoms with Gasteiger partial charge in [0.25, 0.3) is 0 Å². The first-order valence-corrected chi connectivity index (χ1v) is 17.4. The third-order valence-electron chi connectivity index (χ3n) is 9.03. The topological polar surface area (TPSA) is 121 Å². The largest absolute Gasteiger partial charge is 0.464 e. The van der Waals surface area contributed by atoms with Crippen LogP contribution in [0.25, 0.3) is 0 Å². The van der Waals surface area contributed by atoms with Gasteiger partial charge in [-0.05, 0) is 61.5 Å². The molecule has 0 aromatic heterocycles. The molecule has 0 N–H and O–H groups in total. The van der Waals surface area contributed by atoms with Gasteiger partial charge in [-0.2, -0.15) is 0 Å². The molecule has 4 rings (SSSR count). The number of sulfone groups is 1. The summed E-state index contributed by atoms with van der Waals surface area (Å²) < 4.78 is 38.2. The van der Waals surface area contributed by atoms with Crippen LogP contribution in [0.3, 0.4) is 0 Å². The number of hydrogen-bond donors (Lipinski definition) is 0. The number of ketones is 2. The van der Waals surface area contributed by atoms with Crippen LogP contribution in [0.15, 0.2) is 46.4 Å². The Morgan fingerprint density at radius 1 is 0.814 bits per heavy atom. The molecule has 1 aromatic rings.